The number of para-hydroxylation sites is 1. The van der Waals surface area contributed by atoms with E-state index in [1.54, 1.807) is 11.9 Å². The van der Waals surface area contributed by atoms with Crippen LogP contribution in [0.1, 0.15) is 50.8 Å². The normalized spacial score (nSPS) is 16.5. The molecule has 1 fully saturated rings. The van der Waals surface area contributed by atoms with Gasteiger partial charge in [0.15, 0.2) is 0 Å². The molecule has 3 aromatic rings. The van der Waals surface area contributed by atoms with E-state index in [4.69, 9.17) is 15.7 Å². The van der Waals surface area contributed by atoms with Gasteiger partial charge in [0, 0.05) is 31.6 Å². The Morgan fingerprint density at radius 3 is 2.78 bits per heavy atom. The van der Waals surface area contributed by atoms with Crippen molar-refractivity contribution in [2.75, 3.05) is 31.2 Å². The lowest BCUT2D eigenvalue weighted by molar-refractivity contribution is 0.339. The number of nitrogens with zero attached hydrogens (tertiary/aromatic N) is 3. The van der Waals surface area contributed by atoms with Gasteiger partial charge in [0.05, 0.1) is 10.2 Å². The average Bonchev–Trinajstić information content (AvgIpc) is 3.25. The van der Waals surface area contributed by atoms with Crippen LogP contribution < -0.4 is 16.6 Å². The fourth-order valence-electron chi connectivity index (χ4n) is 4.17. The zero-order valence-electron chi connectivity index (χ0n) is 18.8. The number of rotatable bonds is 9. The highest BCUT2D eigenvalue weighted by atomic mass is 32.2. The molecule has 0 saturated carbocycles. The van der Waals surface area contributed by atoms with Crippen LogP contribution in [-0.4, -0.2) is 51.2 Å². The number of H-pyrrole nitrogens is 1. The van der Waals surface area contributed by atoms with Gasteiger partial charge in [0.2, 0.25) is 0 Å². The van der Waals surface area contributed by atoms with Crippen molar-refractivity contribution in [3.05, 3.63) is 40.4 Å². The molecule has 1 atom stereocenters. The second-order valence-electron chi connectivity index (χ2n) is 8.27. The van der Waals surface area contributed by atoms with E-state index in [0.29, 0.717) is 22.9 Å². The minimum atomic E-state index is -0.130. The monoisotopic (exact) mass is 472 g/mol. The summed E-state index contributed by atoms with van der Waals surface area (Å²) in [6, 6.07) is 8.03. The number of fused-ring (bicyclic) bond motifs is 1. The summed E-state index contributed by atoms with van der Waals surface area (Å²) in [7, 11) is 0. The van der Waals surface area contributed by atoms with Gasteiger partial charge in [0.1, 0.15) is 22.2 Å². The minimum Gasteiger partial charge on any atom is -0.365 e. The van der Waals surface area contributed by atoms with Gasteiger partial charge in [-0.1, -0.05) is 43.8 Å². The highest BCUT2D eigenvalue weighted by Crippen LogP contribution is 2.34. The maximum atomic E-state index is 13.4. The highest BCUT2D eigenvalue weighted by molar-refractivity contribution is 7.96. The van der Waals surface area contributed by atoms with Gasteiger partial charge in [-0.3, -0.25) is 9.10 Å². The molecule has 0 radical (unpaired) electrons. The molecule has 1 aromatic carbocycles. The van der Waals surface area contributed by atoms with Crippen molar-refractivity contribution in [3.63, 3.8) is 0 Å². The molecular formula is C23H32N6OS2. The first kappa shape index (κ1) is 23.2. The van der Waals surface area contributed by atoms with Crippen LogP contribution in [0.15, 0.2) is 29.1 Å². The lowest BCUT2D eigenvalue weighted by Gasteiger charge is -2.29. The molecule has 9 heteroatoms. The third-order valence-electron chi connectivity index (χ3n) is 6.08. The number of aromatic nitrogens is 3. The van der Waals surface area contributed by atoms with Gasteiger partial charge in [-0.15, -0.1) is 11.3 Å². The van der Waals surface area contributed by atoms with Crippen LogP contribution in [0.25, 0.3) is 20.8 Å². The van der Waals surface area contributed by atoms with Crippen molar-refractivity contribution in [2.45, 2.75) is 51.0 Å². The molecule has 1 aliphatic rings. The van der Waals surface area contributed by atoms with E-state index < -0.39 is 0 Å². The van der Waals surface area contributed by atoms with Crippen molar-refractivity contribution in [3.8, 4) is 10.6 Å². The summed E-state index contributed by atoms with van der Waals surface area (Å²) in [6.07, 6.45) is 7.21. The Balaban J connectivity index is 1.73. The Bertz CT molecular complexity index is 1060. The number of unbranched alkanes of at least 4 members (excludes halogenated alkanes) is 1. The van der Waals surface area contributed by atoms with E-state index in [9.17, 15) is 4.79 Å². The van der Waals surface area contributed by atoms with Gasteiger partial charge in [-0.05, 0) is 37.7 Å². The third-order valence-corrected chi connectivity index (χ3v) is 8.01. The summed E-state index contributed by atoms with van der Waals surface area (Å²) < 4.78 is 3.42. The van der Waals surface area contributed by atoms with Crippen LogP contribution in [0.3, 0.4) is 0 Å². The van der Waals surface area contributed by atoms with E-state index in [1.807, 2.05) is 24.3 Å². The smallest absolute Gasteiger partial charge is 0.263 e. The van der Waals surface area contributed by atoms with Crippen LogP contribution in [0.4, 0.5) is 5.82 Å². The molecule has 0 aliphatic carbocycles. The summed E-state index contributed by atoms with van der Waals surface area (Å²) in [6.45, 7) is 4.67. The molecule has 4 rings (SSSR count). The summed E-state index contributed by atoms with van der Waals surface area (Å²) in [5.74, 6) is 1.64. The summed E-state index contributed by atoms with van der Waals surface area (Å²) in [4.78, 5) is 26.2. The molecule has 172 valence electrons. The highest BCUT2D eigenvalue weighted by Gasteiger charge is 2.26. The molecule has 2 aromatic heterocycles. The summed E-state index contributed by atoms with van der Waals surface area (Å²) >= 11 is 3.30. The third kappa shape index (κ3) is 5.17. The number of aromatic amines is 1. The largest absolute Gasteiger partial charge is 0.365 e. The first-order valence-corrected chi connectivity index (χ1v) is 13.4. The number of benzene rings is 1. The number of hydrogen-bond donors (Lipinski definition) is 3. The predicted molar refractivity (Wildman–Crippen MR) is 137 cm³/mol. The van der Waals surface area contributed by atoms with Gasteiger partial charge in [0.25, 0.3) is 5.56 Å². The molecule has 7 nitrogen and oxygen atoms in total. The first-order valence-electron chi connectivity index (χ1n) is 11.4. The lowest BCUT2D eigenvalue weighted by atomic mass is 9.97. The zero-order valence-corrected chi connectivity index (χ0v) is 20.4. The molecule has 0 amide bonds. The van der Waals surface area contributed by atoms with Crippen molar-refractivity contribution in [2.24, 2.45) is 5.73 Å². The van der Waals surface area contributed by atoms with Crippen molar-refractivity contribution >= 4 is 39.3 Å². The van der Waals surface area contributed by atoms with Gasteiger partial charge in [-0.25, -0.2) is 9.97 Å². The van der Waals surface area contributed by atoms with Crippen molar-refractivity contribution in [1.82, 2.24) is 19.3 Å². The summed E-state index contributed by atoms with van der Waals surface area (Å²) in [5, 5.41) is 4.20. The first-order chi connectivity index (χ1) is 15.6. The van der Waals surface area contributed by atoms with Crippen LogP contribution in [0.2, 0.25) is 0 Å². The maximum absolute atomic E-state index is 13.4. The zero-order chi connectivity index (χ0) is 22.5. The van der Waals surface area contributed by atoms with Gasteiger partial charge < -0.3 is 16.0 Å². The molecule has 4 N–H and O–H groups in total. The van der Waals surface area contributed by atoms with Gasteiger partial charge in [-0.2, -0.15) is 0 Å². The standard InChI is InChI=1S/C23H32N6OS2/c1-3-4-7-16(14-24)25-21-19(23-26-17-8-5-6-9-18(17)32-23)22(30)28-20(27-21)15-10-12-29(31-2)13-11-15/h5-6,8-9,15-16H,3-4,7,10-14,24H2,1-2H3,(H2,25,27,28,30). The molecule has 0 bridgehead atoms. The molecular weight excluding hydrogens is 440 g/mol. The molecule has 1 unspecified atom stereocenters. The molecule has 1 saturated heterocycles. The van der Waals surface area contributed by atoms with Gasteiger partial charge >= 0.3 is 0 Å². The molecule has 0 spiro atoms. The topological polar surface area (TPSA) is 99.9 Å². The fraction of sp³-hybridized carbons (Fsp3) is 0.522. The predicted octanol–water partition coefficient (Wildman–Crippen LogP) is 4.43. The number of nitrogens with one attached hydrogen (secondary N) is 2. The average molecular weight is 473 g/mol. The molecule has 3 heterocycles. The maximum Gasteiger partial charge on any atom is 0.263 e. The van der Waals surface area contributed by atoms with Crippen LogP contribution in [0, 0.1) is 0 Å². The molecule has 1 aliphatic heterocycles. The Morgan fingerprint density at radius 2 is 2.09 bits per heavy atom. The lowest BCUT2D eigenvalue weighted by Crippen LogP contribution is -2.32. The Hall–Kier alpha value is -1.94. The van der Waals surface area contributed by atoms with Crippen molar-refractivity contribution in [1.29, 1.82) is 0 Å². The van der Waals surface area contributed by atoms with E-state index in [2.05, 4.69) is 27.8 Å². The van der Waals surface area contributed by atoms with Crippen LogP contribution in [0.5, 0.6) is 0 Å². The number of hydrogen-bond acceptors (Lipinski definition) is 8. The Kier molecular flexibility index (Phi) is 7.83. The SMILES string of the molecule is CCCCC(CN)Nc1nc(C2CCN(SC)CC2)[nH]c(=O)c1-c1nc2ccccc2s1. The quantitative estimate of drug-likeness (QED) is 0.396. The second kappa shape index (κ2) is 10.8. The fourth-order valence-corrected chi connectivity index (χ4v) is 5.76. The Morgan fingerprint density at radius 1 is 1.31 bits per heavy atom. The number of nitrogens with two attached hydrogens (primary N) is 1. The van der Waals surface area contributed by atoms with E-state index in [0.717, 1.165) is 61.2 Å². The van der Waals surface area contributed by atoms with Crippen molar-refractivity contribution < 1.29 is 0 Å². The number of piperidine rings is 1. The second-order valence-corrected chi connectivity index (χ2v) is 10.2. The molecule has 32 heavy (non-hydrogen) atoms. The van der Waals surface area contributed by atoms with Crippen LogP contribution >= 0.6 is 23.3 Å². The Labute approximate surface area is 197 Å². The van der Waals surface area contributed by atoms with E-state index >= 15 is 0 Å². The van der Waals surface area contributed by atoms with E-state index in [-0.39, 0.29) is 17.5 Å². The van der Waals surface area contributed by atoms with Crippen LogP contribution in [-0.2, 0) is 0 Å². The number of anilines is 1. The summed E-state index contributed by atoms with van der Waals surface area (Å²) in [5.41, 5.74) is 7.35. The van der Waals surface area contributed by atoms with E-state index in [1.165, 1.54) is 11.3 Å². The minimum absolute atomic E-state index is 0.0727. The number of thiazole rings is 1.